The number of aromatic nitrogens is 12. The molecule has 0 N–H and O–H groups in total. The minimum Gasteiger partial charge on any atom is -0.159 e. The number of rotatable bonds is 6. The van der Waals surface area contributed by atoms with Crippen molar-refractivity contribution in [1.29, 1.82) is 0 Å². The summed E-state index contributed by atoms with van der Waals surface area (Å²) in [5, 5.41) is 52.6. The predicted octanol–water partition coefficient (Wildman–Crippen LogP) is 4.43. The van der Waals surface area contributed by atoms with Crippen molar-refractivity contribution in [2.75, 3.05) is 0 Å². The van der Waals surface area contributed by atoms with Gasteiger partial charge >= 0.3 is 0 Å². The van der Waals surface area contributed by atoms with E-state index in [4.69, 9.17) is 0 Å². The van der Waals surface area contributed by atoms with Crippen molar-refractivity contribution in [2.45, 2.75) is 0 Å². The monoisotopic (exact) mass is 546 g/mol. The number of benzene rings is 1. The average molecular weight is 547 g/mol. The van der Waals surface area contributed by atoms with Crippen LogP contribution in [0, 0.1) is 0 Å². The van der Waals surface area contributed by atoms with Gasteiger partial charge in [-0.1, -0.05) is 0 Å². The van der Waals surface area contributed by atoms with Gasteiger partial charge in [0.25, 0.3) is 0 Å². The predicted molar refractivity (Wildman–Crippen MR) is 153 cm³/mol. The molecule has 0 amide bonds. The van der Waals surface area contributed by atoms with E-state index in [1.165, 1.54) is 0 Å². The zero-order chi connectivity index (χ0) is 28.1. The Morgan fingerprint density at radius 1 is 0.238 bits per heavy atom. The van der Waals surface area contributed by atoms with E-state index in [-0.39, 0.29) is 0 Å². The maximum atomic E-state index is 4.55. The summed E-state index contributed by atoms with van der Waals surface area (Å²) in [5.74, 6) is 0. The third kappa shape index (κ3) is 4.48. The Kier molecular flexibility index (Phi) is 6.51. The Labute approximate surface area is 238 Å². The van der Waals surface area contributed by atoms with Crippen LogP contribution in [0.4, 0.5) is 0 Å². The SMILES string of the molecule is c1cnnc(-c2c(-c3cccnn3)c(-c3cccnn3)c(-c3cccnn3)c(-c3cccnn3)c2-c2cccnn2)c1. The quantitative estimate of drug-likeness (QED) is 0.290. The van der Waals surface area contributed by atoms with Crippen molar-refractivity contribution in [1.82, 2.24) is 61.2 Å². The lowest BCUT2D eigenvalue weighted by molar-refractivity contribution is 1.01. The van der Waals surface area contributed by atoms with Gasteiger partial charge in [0, 0.05) is 70.6 Å². The second kappa shape index (κ2) is 11.1. The van der Waals surface area contributed by atoms with Crippen LogP contribution in [0.1, 0.15) is 0 Å². The molecule has 6 aromatic heterocycles. The molecule has 0 aliphatic carbocycles. The first-order valence-corrected chi connectivity index (χ1v) is 12.8. The fourth-order valence-electron chi connectivity index (χ4n) is 4.90. The summed E-state index contributed by atoms with van der Waals surface area (Å²) in [4.78, 5) is 0. The molecule has 42 heavy (non-hydrogen) atoms. The van der Waals surface area contributed by atoms with Crippen LogP contribution in [0.5, 0.6) is 0 Å². The maximum Gasteiger partial charge on any atom is 0.0943 e. The fourth-order valence-corrected chi connectivity index (χ4v) is 4.90. The van der Waals surface area contributed by atoms with Gasteiger partial charge in [-0.25, -0.2) is 0 Å². The first kappa shape index (κ1) is 24.7. The van der Waals surface area contributed by atoms with Crippen LogP contribution < -0.4 is 0 Å². The summed E-state index contributed by atoms with van der Waals surface area (Å²) in [6, 6.07) is 22.2. The normalized spacial score (nSPS) is 10.9. The van der Waals surface area contributed by atoms with Gasteiger partial charge in [-0.3, -0.25) is 0 Å². The molecule has 0 aliphatic rings. The van der Waals surface area contributed by atoms with Crippen LogP contribution in [-0.2, 0) is 0 Å². The molecule has 0 atom stereocenters. The second-order valence-electron chi connectivity index (χ2n) is 8.90. The Balaban J connectivity index is 1.81. The Bertz CT molecular complexity index is 1550. The lowest BCUT2D eigenvalue weighted by Crippen LogP contribution is -2.07. The van der Waals surface area contributed by atoms with Crippen LogP contribution in [0.15, 0.2) is 110 Å². The third-order valence-corrected chi connectivity index (χ3v) is 6.47. The molecule has 0 fully saturated rings. The van der Waals surface area contributed by atoms with Crippen molar-refractivity contribution >= 4 is 0 Å². The average Bonchev–Trinajstić information content (AvgIpc) is 3.09. The molecule has 0 spiro atoms. The molecule has 0 bridgehead atoms. The second-order valence-corrected chi connectivity index (χ2v) is 8.90. The lowest BCUT2D eigenvalue weighted by atomic mass is 9.79. The van der Waals surface area contributed by atoms with E-state index >= 15 is 0 Å². The largest absolute Gasteiger partial charge is 0.159 e. The van der Waals surface area contributed by atoms with E-state index in [0.717, 1.165) is 0 Å². The molecule has 0 saturated carbocycles. The van der Waals surface area contributed by atoms with Crippen molar-refractivity contribution < 1.29 is 0 Å². The fraction of sp³-hybridized carbons (Fsp3) is 0. The molecule has 0 saturated heterocycles. The van der Waals surface area contributed by atoms with Crippen molar-refractivity contribution in [3.8, 4) is 67.5 Å². The highest BCUT2D eigenvalue weighted by Crippen LogP contribution is 2.53. The Hall–Kier alpha value is -6.30. The molecular weight excluding hydrogens is 528 g/mol. The minimum absolute atomic E-state index is 0.569. The number of hydrogen-bond acceptors (Lipinski definition) is 12. The van der Waals surface area contributed by atoms with Crippen LogP contribution >= 0.6 is 0 Å². The zero-order valence-electron chi connectivity index (χ0n) is 21.8. The molecule has 6 heterocycles. The van der Waals surface area contributed by atoms with E-state index in [9.17, 15) is 0 Å². The van der Waals surface area contributed by atoms with E-state index in [2.05, 4.69) is 61.2 Å². The Morgan fingerprint density at radius 3 is 0.524 bits per heavy atom. The summed E-state index contributed by atoms with van der Waals surface area (Å²) < 4.78 is 0. The van der Waals surface area contributed by atoms with Gasteiger partial charge in [-0.15, -0.1) is 0 Å². The van der Waals surface area contributed by atoms with Crippen molar-refractivity contribution in [3.05, 3.63) is 110 Å². The highest BCUT2D eigenvalue weighted by atomic mass is 15.1. The van der Waals surface area contributed by atoms with Gasteiger partial charge in [0.1, 0.15) is 0 Å². The van der Waals surface area contributed by atoms with E-state index < -0.39 is 0 Å². The topological polar surface area (TPSA) is 155 Å². The van der Waals surface area contributed by atoms with Gasteiger partial charge in [-0.2, -0.15) is 61.2 Å². The van der Waals surface area contributed by atoms with E-state index in [1.54, 1.807) is 37.2 Å². The van der Waals surface area contributed by atoms with Crippen LogP contribution in [0.25, 0.3) is 67.5 Å². The molecule has 12 nitrogen and oxygen atoms in total. The van der Waals surface area contributed by atoms with Gasteiger partial charge in [-0.05, 0) is 72.8 Å². The molecule has 12 heteroatoms. The van der Waals surface area contributed by atoms with Gasteiger partial charge in [0.15, 0.2) is 0 Å². The number of nitrogens with zero attached hydrogens (tertiary/aromatic N) is 12. The molecule has 7 rings (SSSR count). The lowest BCUT2D eigenvalue weighted by Gasteiger charge is -2.25. The first-order valence-electron chi connectivity index (χ1n) is 12.8. The highest BCUT2D eigenvalue weighted by molar-refractivity contribution is 6.12. The van der Waals surface area contributed by atoms with Crippen molar-refractivity contribution in [2.24, 2.45) is 0 Å². The van der Waals surface area contributed by atoms with Crippen LogP contribution in [-0.4, -0.2) is 61.2 Å². The summed E-state index contributed by atoms with van der Waals surface area (Å²) in [6.45, 7) is 0. The van der Waals surface area contributed by atoms with Crippen LogP contribution in [0.3, 0.4) is 0 Å². The van der Waals surface area contributed by atoms with Crippen molar-refractivity contribution in [3.63, 3.8) is 0 Å². The van der Waals surface area contributed by atoms with Gasteiger partial charge < -0.3 is 0 Å². The third-order valence-electron chi connectivity index (χ3n) is 6.47. The zero-order valence-corrected chi connectivity index (χ0v) is 21.8. The first-order chi connectivity index (χ1) is 20.9. The van der Waals surface area contributed by atoms with Crippen LogP contribution in [0.2, 0.25) is 0 Å². The molecular formula is C30H18N12. The van der Waals surface area contributed by atoms with Gasteiger partial charge in [0.05, 0.1) is 34.2 Å². The molecule has 0 unspecified atom stereocenters. The maximum absolute atomic E-state index is 4.55. The molecule has 0 aliphatic heterocycles. The minimum atomic E-state index is 0.569. The summed E-state index contributed by atoms with van der Waals surface area (Å²) in [5.41, 5.74) is 7.49. The smallest absolute Gasteiger partial charge is 0.0943 e. The van der Waals surface area contributed by atoms with E-state index in [1.807, 2.05) is 72.8 Å². The number of hydrogen-bond donors (Lipinski definition) is 0. The molecule has 7 aromatic rings. The standard InChI is InChI=1S/C30H18N12/c1-7-19(37-31-13-1)25-26(20-8-2-14-32-38-20)28(22-10-4-16-34-40-22)30(24-12-6-18-36-42-24)29(23-11-5-17-35-41-23)27(25)21-9-3-15-33-39-21/h1-18H. The van der Waals surface area contributed by atoms with Gasteiger partial charge in [0.2, 0.25) is 0 Å². The highest BCUT2D eigenvalue weighted by Gasteiger charge is 2.32. The Morgan fingerprint density at radius 2 is 0.405 bits per heavy atom. The molecule has 1 aromatic carbocycles. The molecule has 0 radical (unpaired) electrons. The summed E-state index contributed by atoms with van der Waals surface area (Å²) in [6.07, 6.45) is 9.72. The molecule has 198 valence electrons. The summed E-state index contributed by atoms with van der Waals surface area (Å²) in [7, 11) is 0. The van der Waals surface area contributed by atoms with E-state index in [0.29, 0.717) is 67.5 Å². The summed E-state index contributed by atoms with van der Waals surface area (Å²) >= 11 is 0.